The Hall–Kier alpha value is -2.01. The third-order valence-corrected chi connectivity index (χ3v) is 2.94. The highest BCUT2D eigenvalue weighted by molar-refractivity contribution is 5.35. The molecular weight excluding hydrogens is 262 g/mol. The Balaban J connectivity index is 2.38. The van der Waals surface area contributed by atoms with Gasteiger partial charge in [-0.05, 0) is 31.7 Å². The second-order valence-electron chi connectivity index (χ2n) is 4.27. The first-order valence-electron chi connectivity index (χ1n) is 6.35. The molecule has 1 aromatic carbocycles. The smallest absolute Gasteiger partial charge is 0.137 e. The maximum absolute atomic E-state index is 13.9. The highest BCUT2D eigenvalue weighted by Crippen LogP contribution is 2.26. The van der Waals surface area contributed by atoms with Crippen LogP contribution in [0, 0.1) is 11.6 Å². The minimum Gasteiger partial charge on any atom is -0.492 e. The van der Waals surface area contributed by atoms with Crippen LogP contribution in [0.5, 0.6) is 5.75 Å². The molecule has 0 aliphatic heterocycles. The van der Waals surface area contributed by atoms with Crippen LogP contribution >= 0.6 is 0 Å². The summed E-state index contributed by atoms with van der Waals surface area (Å²) in [6.07, 6.45) is 3.23. The number of rotatable bonds is 5. The molecule has 1 unspecified atom stereocenters. The van der Waals surface area contributed by atoms with Crippen LogP contribution in [-0.2, 0) is 0 Å². The third-order valence-electron chi connectivity index (χ3n) is 2.94. The van der Waals surface area contributed by atoms with Gasteiger partial charge in [-0.2, -0.15) is 0 Å². The summed E-state index contributed by atoms with van der Waals surface area (Å²) in [7, 11) is 1.71. The normalized spacial score (nSPS) is 12.2. The van der Waals surface area contributed by atoms with E-state index in [9.17, 15) is 8.78 Å². The molecule has 0 saturated heterocycles. The van der Waals surface area contributed by atoms with Gasteiger partial charge in [0.25, 0.3) is 0 Å². The molecule has 3 nitrogen and oxygen atoms in total. The van der Waals surface area contributed by atoms with Crippen LogP contribution in [0.2, 0.25) is 0 Å². The van der Waals surface area contributed by atoms with Crippen LogP contribution in [0.1, 0.15) is 24.1 Å². The highest BCUT2D eigenvalue weighted by Gasteiger charge is 2.17. The Morgan fingerprint density at radius 3 is 2.70 bits per heavy atom. The van der Waals surface area contributed by atoms with Crippen molar-refractivity contribution in [3.8, 4) is 5.75 Å². The van der Waals surface area contributed by atoms with Crippen molar-refractivity contribution in [3.05, 3.63) is 59.4 Å². The van der Waals surface area contributed by atoms with E-state index in [1.165, 1.54) is 12.1 Å². The van der Waals surface area contributed by atoms with Crippen LogP contribution in [0.4, 0.5) is 8.78 Å². The first-order valence-corrected chi connectivity index (χ1v) is 6.35. The van der Waals surface area contributed by atoms with Crippen LogP contribution < -0.4 is 10.1 Å². The number of ether oxygens (including phenoxy) is 1. The van der Waals surface area contributed by atoms with Gasteiger partial charge >= 0.3 is 0 Å². The van der Waals surface area contributed by atoms with Crippen molar-refractivity contribution in [2.45, 2.75) is 13.0 Å². The fraction of sp³-hybridized carbons (Fsp3) is 0.267. The van der Waals surface area contributed by atoms with E-state index >= 15 is 0 Å². The second kappa shape index (κ2) is 6.43. The van der Waals surface area contributed by atoms with Crippen molar-refractivity contribution in [2.75, 3.05) is 13.7 Å². The van der Waals surface area contributed by atoms with Crippen LogP contribution in [-0.4, -0.2) is 18.6 Å². The summed E-state index contributed by atoms with van der Waals surface area (Å²) >= 11 is 0. The quantitative estimate of drug-likeness (QED) is 0.912. The van der Waals surface area contributed by atoms with E-state index in [4.69, 9.17) is 4.74 Å². The molecule has 1 aromatic heterocycles. The van der Waals surface area contributed by atoms with E-state index in [1.807, 2.05) is 6.92 Å². The molecule has 106 valence electrons. The third kappa shape index (κ3) is 3.11. The van der Waals surface area contributed by atoms with Crippen molar-refractivity contribution >= 4 is 0 Å². The summed E-state index contributed by atoms with van der Waals surface area (Å²) in [4.78, 5) is 4.08. The largest absolute Gasteiger partial charge is 0.492 e. The minimum absolute atomic E-state index is 0.365. The van der Waals surface area contributed by atoms with E-state index in [2.05, 4.69) is 10.3 Å². The fourth-order valence-corrected chi connectivity index (χ4v) is 2.08. The molecule has 1 atom stereocenters. The molecule has 20 heavy (non-hydrogen) atoms. The first-order chi connectivity index (χ1) is 9.65. The molecule has 2 rings (SSSR count). The molecule has 0 fully saturated rings. The molecule has 1 heterocycles. The number of hydrogen-bond donors (Lipinski definition) is 1. The Labute approximate surface area is 116 Å². The second-order valence-corrected chi connectivity index (χ2v) is 4.27. The average molecular weight is 278 g/mol. The zero-order chi connectivity index (χ0) is 14.5. The number of hydrogen-bond acceptors (Lipinski definition) is 3. The lowest BCUT2D eigenvalue weighted by molar-refractivity contribution is 0.338. The van der Waals surface area contributed by atoms with Crippen LogP contribution in [0.15, 0.2) is 36.7 Å². The van der Waals surface area contributed by atoms with E-state index in [0.717, 1.165) is 11.6 Å². The lowest BCUT2D eigenvalue weighted by atomic mass is 9.99. The van der Waals surface area contributed by atoms with Gasteiger partial charge in [0.2, 0.25) is 0 Å². The summed E-state index contributed by atoms with van der Waals surface area (Å²) < 4.78 is 32.3. The lowest BCUT2D eigenvalue weighted by Gasteiger charge is -2.18. The number of pyridine rings is 1. The fourth-order valence-electron chi connectivity index (χ4n) is 2.08. The summed E-state index contributed by atoms with van der Waals surface area (Å²) in [5.41, 5.74) is 1.12. The molecule has 2 aromatic rings. The average Bonchev–Trinajstić information content (AvgIpc) is 2.43. The van der Waals surface area contributed by atoms with Crippen molar-refractivity contribution in [3.63, 3.8) is 0 Å². The van der Waals surface area contributed by atoms with Gasteiger partial charge in [-0.3, -0.25) is 4.98 Å². The van der Waals surface area contributed by atoms with Gasteiger partial charge in [-0.15, -0.1) is 0 Å². The topological polar surface area (TPSA) is 34.1 Å². The van der Waals surface area contributed by atoms with Gasteiger partial charge in [0.1, 0.15) is 17.4 Å². The van der Waals surface area contributed by atoms with E-state index in [-0.39, 0.29) is 0 Å². The SMILES string of the molecule is CCOc1cncc(C(NC)c2ccc(F)cc2F)c1. The molecular formula is C15H16F2N2O. The van der Waals surface area contributed by atoms with Gasteiger partial charge < -0.3 is 10.1 Å². The molecule has 0 aliphatic carbocycles. The van der Waals surface area contributed by atoms with Crippen LogP contribution in [0.3, 0.4) is 0 Å². The van der Waals surface area contributed by atoms with Crippen LogP contribution in [0.25, 0.3) is 0 Å². The predicted octanol–water partition coefficient (Wildman–Crippen LogP) is 3.07. The summed E-state index contributed by atoms with van der Waals surface area (Å²) in [6, 6.07) is 4.92. The maximum Gasteiger partial charge on any atom is 0.137 e. The van der Waals surface area contributed by atoms with E-state index in [1.54, 1.807) is 25.5 Å². The van der Waals surface area contributed by atoms with Gasteiger partial charge in [0.15, 0.2) is 0 Å². The number of nitrogens with zero attached hydrogens (tertiary/aromatic N) is 1. The number of halogens is 2. The molecule has 0 saturated carbocycles. The minimum atomic E-state index is -0.595. The molecule has 1 N–H and O–H groups in total. The Kier molecular flexibility index (Phi) is 4.63. The lowest BCUT2D eigenvalue weighted by Crippen LogP contribution is -2.19. The predicted molar refractivity (Wildman–Crippen MR) is 72.7 cm³/mol. The van der Waals surface area contributed by atoms with Crippen molar-refractivity contribution in [1.29, 1.82) is 0 Å². The Morgan fingerprint density at radius 1 is 1.25 bits per heavy atom. The molecule has 0 radical (unpaired) electrons. The first kappa shape index (κ1) is 14.4. The number of aromatic nitrogens is 1. The molecule has 0 spiro atoms. The Bertz CT molecular complexity index is 590. The summed E-state index contributed by atoms with van der Waals surface area (Å²) in [5.74, 6) is -0.568. The Morgan fingerprint density at radius 2 is 2.05 bits per heavy atom. The summed E-state index contributed by atoms with van der Waals surface area (Å²) in [6.45, 7) is 2.40. The molecule has 0 aliphatic rings. The standard InChI is InChI=1S/C15H16F2N2O/c1-3-20-12-6-10(8-19-9-12)15(18-2)13-5-4-11(16)7-14(13)17/h4-9,15,18H,3H2,1-2H3. The van der Waals surface area contributed by atoms with E-state index in [0.29, 0.717) is 17.9 Å². The van der Waals surface area contributed by atoms with E-state index < -0.39 is 17.7 Å². The van der Waals surface area contributed by atoms with Gasteiger partial charge in [0.05, 0.1) is 18.8 Å². The zero-order valence-electron chi connectivity index (χ0n) is 11.4. The summed E-state index contributed by atoms with van der Waals surface area (Å²) in [5, 5.41) is 3.01. The number of nitrogens with one attached hydrogen (secondary N) is 1. The van der Waals surface area contributed by atoms with Gasteiger partial charge in [-0.1, -0.05) is 6.07 Å². The molecule has 5 heteroatoms. The monoisotopic (exact) mass is 278 g/mol. The maximum atomic E-state index is 13.9. The van der Waals surface area contributed by atoms with Crippen molar-refractivity contribution < 1.29 is 13.5 Å². The molecule has 0 amide bonds. The van der Waals surface area contributed by atoms with Crippen molar-refractivity contribution in [2.24, 2.45) is 0 Å². The molecule has 0 bridgehead atoms. The van der Waals surface area contributed by atoms with Crippen molar-refractivity contribution in [1.82, 2.24) is 10.3 Å². The highest BCUT2D eigenvalue weighted by atomic mass is 19.1. The number of benzene rings is 1. The zero-order valence-corrected chi connectivity index (χ0v) is 11.4. The van der Waals surface area contributed by atoms with Gasteiger partial charge in [0, 0.05) is 17.8 Å². The van der Waals surface area contributed by atoms with Gasteiger partial charge in [-0.25, -0.2) is 8.78 Å².